The van der Waals surface area contributed by atoms with E-state index in [1.54, 1.807) is 0 Å². The van der Waals surface area contributed by atoms with Gasteiger partial charge in [-0.05, 0) is 37.3 Å². The summed E-state index contributed by atoms with van der Waals surface area (Å²) < 4.78 is 0. The third-order valence-electron chi connectivity index (χ3n) is 4.23. The summed E-state index contributed by atoms with van der Waals surface area (Å²) in [6, 6.07) is 19.8. The standard InChI is InChI=1S/C18H19Br/c1-14-6-5-7-15(12-14)13-17(19)18(10-11-18)16-8-3-2-4-9-16/h2-9,12,17H,10-11,13H2,1H3. The van der Waals surface area contributed by atoms with Crippen molar-refractivity contribution in [1.82, 2.24) is 0 Å². The summed E-state index contributed by atoms with van der Waals surface area (Å²) in [6.45, 7) is 2.16. The van der Waals surface area contributed by atoms with Crippen LogP contribution in [0.25, 0.3) is 0 Å². The molecular formula is C18H19Br. The average molecular weight is 315 g/mol. The van der Waals surface area contributed by atoms with Crippen molar-refractivity contribution in [3.05, 3.63) is 71.3 Å². The van der Waals surface area contributed by atoms with Gasteiger partial charge in [-0.3, -0.25) is 0 Å². The summed E-state index contributed by atoms with van der Waals surface area (Å²) in [5.41, 5.74) is 4.64. The molecule has 0 nitrogen and oxygen atoms in total. The van der Waals surface area contributed by atoms with E-state index < -0.39 is 0 Å². The SMILES string of the molecule is Cc1cccc(CC(Br)C2(c3ccccc3)CC2)c1. The normalized spacial score (nSPS) is 18.0. The highest BCUT2D eigenvalue weighted by Gasteiger charge is 2.49. The highest BCUT2D eigenvalue weighted by Crippen LogP contribution is 2.54. The molecule has 1 atom stereocenters. The van der Waals surface area contributed by atoms with Gasteiger partial charge in [0.05, 0.1) is 0 Å². The molecule has 3 rings (SSSR count). The van der Waals surface area contributed by atoms with E-state index in [1.165, 1.54) is 29.5 Å². The van der Waals surface area contributed by atoms with Crippen LogP contribution in [-0.2, 0) is 11.8 Å². The van der Waals surface area contributed by atoms with Crippen LogP contribution in [0, 0.1) is 6.92 Å². The van der Waals surface area contributed by atoms with Crippen LogP contribution in [-0.4, -0.2) is 4.83 Å². The molecule has 0 aliphatic heterocycles. The maximum atomic E-state index is 3.96. The summed E-state index contributed by atoms with van der Waals surface area (Å²) >= 11 is 3.96. The Kier molecular flexibility index (Phi) is 3.49. The second kappa shape index (κ2) is 5.13. The first-order valence-corrected chi connectivity index (χ1v) is 7.87. The van der Waals surface area contributed by atoms with Gasteiger partial charge in [0.1, 0.15) is 0 Å². The lowest BCUT2D eigenvalue weighted by atomic mass is 9.89. The molecule has 0 aromatic heterocycles. The largest absolute Gasteiger partial charge is 0.0877 e. The van der Waals surface area contributed by atoms with Gasteiger partial charge in [-0.15, -0.1) is 0 Å². The Hall–Kier alpha value is -1.08. The third-order valence-corrected chi connectivity index (χ3v) is 5.43. The molecule has 0 N–H and O–H groups in total. The van der Waals surface area contributed by atoms with Gasteiger partial charge in [-0.1, -0.05) is 76.1 Å². The van der Waals surface area contributed by atoms with Crippen LogP contribution in [0.3, 0.4) is 0 Å². The van der Waals surface area contributed by atoms with E-state index in [0.29, 0.717) is 10.2 Å². The summed E-state index contributed by atoms with van der Waals surface area (Å²) in [5.74, 6) is 0. The van der Waals surface area contributed by atoms with Gasteiger partial charge >= 0.3 is 0 Å². The topological polar surface area (TPSA) is 0 Å². The molecule has 0 heterocycles. The zero-order valence-electron chi connectivity index (χ0n) is 11.3. The minimum atomic E-state index is 0.366. The van der Waals surface area contributed by atoms with E-state index in [4.69, 9.17) is 0 Å². The van der Waals surface area contributed by atoms with Crippen LogP contribution in [0.5, 0.6) is 0 Å². The number of alkyl halides is 1. The van der Waals surface area contributed by atoms with Crippen molar-refractivity contribution in [2.75, 3.05) is 0 Å². The third kappa shape index (κ3) is 2.62. The molecule has 0 radical (unpaired) electrons. The predicted molar refractivity (Wildman–Crippen MR) is 85.0 cm³/mol. The van der Waals surface area contributed by atoms with Gasteiger partial charge in [0, 0.05) is 10.2 Å². The van der Waals surface area contributed by atoms with Gasteiger partial charge in [0.15, 0.2) is 0 Å². The first kappa shape index (κ1) is 12.9. The Bertz CT molecular complexity index is 555. The molecule has 2 aromatic carbocycles. The van der Waals surface area contributed by atoms with Gasteiger partial charge < -0.3 is 0 Å². The van der Waals surface area contributed by atoms with Crippen molar-refractivity contribution >= 4 is 15.9 Å². The Morgan fingerprint density at radius 2 is 1.79 bits per heavy atom. The number of hydrogen-bond acceptors (Lipinski definition) is 0. The highest BCUT2D eigenvalue weighted by molar-refractivity contribution is 9.09. The smallest absolute Gasteiger partial charge is 0.0283 e. The van der Waals surface area contributed by atoms with E-state index in [0.717, 1.165) is 6.42 Å². The zero-order chi connectivity index (χ0) is 13.3. The maximum absolute atomic E-state index is 3.96. The Morgan fingerprint density at radius 3 is 2.42 bits per heavy atom. The first-order valence-electron chi connectivity index (χ1n) is 6.96. The molecule has 2 aromatic rings. The number of halogens is 1. The predicted octanol–water partition coefficient (Wildman–Crippen LogP) is 5.03. The van der Waals surface area contributed by atoms with Crippen LogP contribution < -0.4 is 0 Å². The second-order valence-electron chi connectivity index (χ2n) is 5.68. The molecule has 0 spiro atoms. The van der Waals surface area contributed by atoms with Crippen molar-refractivity contribution in [1.29, 1.82) is 0 Å². The Labute approximate surface area is 124 Å². The average Bonchev–Trinajstić information content (AvgIpc) is 3.21. The molecule has 0 saturated heterocycles. The summed E-state index contributed by atoms with van der Waals surface area (Å²) in [7, 11) is 0. The highest BCUT2D eigenvalue weighted by atomic mass is 79.9. The molecule has 0 bridgehead atoms. The van der Waals surface area contributed by atoms with E-state index in [9.17, 15) is 0 Å². The number of benzene rings is 2. The summed E-state index contributed by atoms with van der Waals surface area (Å²) in [6.07, 6.45) is 3.72. The van der Waals surface area contributed by atoms with E-state index in [-0.39, 0.29) is 0 Å². The molecule has 1 heteroatoms. The Morgan fingerprint density at radius 1 is 1.05 bits per heavy atom. The van der Waals surface area contributed by atoms with Gasteiger partial charge in [-0.25, -0.2) is 0 Å². The summed E-state index contributed by atoms with van der Waals surface area (Å²) in [5, 5.41) is 0. The monoisotopic (exact) mass is 314 g/mol. The van der Waals surface area contributed by atoms with Crippen LogP contribution >= 0.6 is 15.9 Å². The number of aryl methyl sites for hydroxylation is 1. The first-order chi connectivity index (χ1) is 9.21. The van der Waals surface area contributed by atoms with Gasteiger partial charge in [0.2, 0.25) is 0 Å². The van der Waals surface area contributed by atoms with E-state index in [2.05, 4.69) is 77.5 Å². The molecule has 0 amide bonds. The molecule has 1 aliphatic rings. The Balaban J connectivity index is 1.79. The number of rotatable bonds is 4. The lowest BCUT2D eigenvalue weighted by molar-refractivity contribution is 0.647. The minimum absolute atomic E-state index is 0.366. The van der Waals surface area contributed by atoms with Crippen LogP contribution in [0.1, 0.15) is 29.5 Å². The van der Waals surface area contributed by atoms with Crippen LogP contribution in [0.2, 0.25) is 0 Å². The van der Waals surface area contributed by atoms with Gasteiger partial charge in [-0.2, -0.15) is 0 Å². The molecule has 1 saturated carbocycles. The number of hydrogen-bond donors (Lipinski definition) is 0. The van der Waals surface area contributed by atoms with E-state index >= 15 is 0 Å². The van der Waals surface area contributed by atoms with E-state index in [1.807, 2.05) is 0 Å². The van der Waals surface area contributed by atoms with Crippen molar-refractivity contribution in [2.45, 2.75) is 36.4 Å². The van der Waals surface area contributed by atoms with Crippen molar-refractivity contribution in [3.63, 3.8) is 0 Å². The van der Waals surface area contributed by atoms with Crippen molar-refractivity contribution in [3.8, 4) is 0 Å². The fourth-order valence-electron chi connectivity index (χ4n) is 2.93. The lowest BCUT2D eigenvalue weighted by Crippen LogP contribution is -2.22. The quantitative estimate of drug-likeness (QED) is 0.694. The molecular weight excluding hydrogens is 296 g/mol. The molecule has 98 valence electrons. The molecule has 1 aliphatic carbocycles. The fourth-order valence-corrected chi connectivity index (χ4v) is 4.02. The van der Waals surface area contributed by atoms with Crippen molar-refractivity contribution in [2.24, 2.45) is 0 Å². The second-order valence-corrected chi connectivity index (χ2v) is 6.79. The van der Waals surface area contributed by atoms with Crippen LogP contribution in [0.15, 0.2) is 54.6 Å². The molecule has 1 fully saturated rings. The van der Waals surface area contributed by atoms with Crippen LogP contribution in [0.4, 0.5) is 0 Å². The van der Waals surface area contributed by atoms with Gasteiger partial charge in [0.25, 0.3) is 0 Å². The zero-order valence-corrected chi connectivity index (χ0v) is 12.9. The lowest BCUT2D eigenvalue weighted by Gasteiger charge is -2.22. The summed E-state index contributed by atoms with van der Waals surface area (Å²) in [4.78, 5) is 0.532. The van der Waals surface area contributed by atoms with Crippen molar-refractivity contribution < 1.29 is 0 Å². The fraction of sp³-hybridized carbons (Fsp3) is 0.333. The maximum Gasteiger partial charge on any atom is 0.0283 e. The minimum Gasteiger partial charge on any atom is -0.0877 e. The molecule has 19 heavy (non-hydrogen) atoms. The molecule has 1 unspecified atom stereocenters.